The summed E-state index contributed by atoms with van der Waals surface area (Å²) < 4.78 is 26.1. The van der Waals surface area contributed by atoms with Crippen LogP contribution in [0.25, 0.3) is 0 Å². The number of hydrogen-bond acceptors (Lipinski definition) is 5. The van der Waals surface area contributed by atoms with E-state index < -0.39 is 0 Å². The molecule has 2 aliphatic heterocycles. The van der Waals surface area contributed by atoms with Gasteiger partial charge in [-0.3, -0.25) is 9.59 Å². The number of halogens is 1. The van der Waals surface area contributed by atoms with Gasteiger partial charge < -0.3 is 24.3 Å². The average molecular weight is 445 g/mol. The molecule has 1 aromatic carbocycles. The van der Waals surface area contributed by atoms with Gasteiger partial charge in [0.25, 0.3) is 5.91 Å². The molecule has 2 aliphatic rings. The molecule has 3 heterocycles. The second kappa shape index (κ2) is 10.2. The van der Waals surface area contributed by atoms with Gasteiger partial charge in [-0.05, 0) is 37.0 Å². The Bertz CT molecular complexity index is 938. The number of imidazole rings is 1. The quantitative estimate of drug-likeness (QED) is 0.663. The summed E-state index contributed by atoms with van der Waals surface area (Å²) in [5, 5.41) is 2.94. The standard InChI is InChI=1S/C23H29FN4O4/c1-31-12-2-9-25-22(29)17-7-10-27(11-8-17)23(30)21-19-14-32-20(13-28(19)15-26-21)16-3-5-18(24)6-4-16/h3-6,15,17,20H,2,7-14H2,1H3,(H,25,29)/t20-/m0/s1. The molecule has 1 saturated heterocycles. The van der Waals surface area contributed by atoms with Crippen LogP contribution in [0.5, 0.6) is 0 Å². The van der Waals surface area contributed by atoms with Gasteiger partial charge >= 0.3 is 0 Å². The maximum absolute atomic E-state index is 13.2. The van der Waals surface area contributed by atoms with Crippen LogP contribution in [-0.2, 0) is 27.4 Å². The highest BCUT2D eigenvalue weighted by Crippen LogP contribution is 2.29. The number of piperidine rings is 1. The zero-order chi connectivity index (χ0) is 22.5. The molecule has 2 amide bonds. The number of nitrogens with zero attached hydrogens (tertiary/aromatic N) is 3. The lowest BCUT2D eigenvalue weighted by Crippen LogP contribution is -2.43. The number of amides is 2. The Kier molecular flexibility index (Phi) is 7.16. The Labute approximate surface area is 186 Å². The maximum atomic E-state index is 13.2. The largest absolute Gasteiger partial charge is 0.385 e. The lowest BCUT2D eigenvalue weighted by molar-refractivity contribution is -0.126. The number of carbonyl (C=O) groups excluding carboxylic acids is 2. The summed E-state index contributed by atoms with van der Waals surface area (Å²) in [6, 6.07) is 6.26. The molecule has 32 heavy (non-hydrogen) atoms. The Morgan fingerprint density at radius 1 is 1.25 bits per heavy atom. The van der Waals surface area contributed by atoms with Crippen LogP contribution in [0, 0.1) is 11.7 Å². The molecule has 9 heteroatoms. The molecular weight excluding hydrogens is 415 g/mol. The lowest BCUT2D eigenvalue weighted by atomic mass is 9.95. The maximum Gasteiger partial charge on any atom is 0.274 e. The molecule has 0 spiro atoms. The van der Waals surface area contributed by atoms with E-state index in [2.05, 4.69) is 10.3 Å². The molecule has 0 bridgehead atoms. The third-order valence-electron chi connectivity index (χ3n) is 6.15. The molecule has 2 aromatic rings. The van der Waals surface area contributed by atoms with Crippen molar-refractivity contribution < 1.29 is 23.5 Å². The molecule has 172 valence electrons. The second-order valence-electron chi connectivity index (χ2n) is 8.25. The monoisotopic (exact) mass is 444 g/mol. The molecular formula is C23H29FN4O4. The lowest BCUT2D eigenvalue weighted by Gasteiger charge is -2.31. The number of benzene rings is 1. The van der Waals surface area contributed by atoms with Crippen molar-refractivity contribution in [1.82, 2.24) is 19.8 Å². The molecule has 0 unspecified atom stereocenters. The number of fused-ring (bicyclic) bond motifs is 1. The fourth-order valence-electron chi connectivity index (χ4n) is 4.25. The van der Waals surface area contributed by atoms with Crippen molar-refractivity contribution in [2.24, 2.45) is 5.92 Å². The van der Waals surface area contributed by atoms with Crippen molar-refractivity contribution in [3.8, 4) is 0 Å². The van der Waals surface area contributed by atoms with Crippen LogP contribution in [0.1, 0.15) is 47.1 Å². The van der Waals surface area contributed by atoms with E-state index in [1.807, 2.05) is 4.57 Å². The zero-order valence-electron chi connectivity index (χ0n) is 18.3. The van der Waals surface area contributed by atoms with Crippen LogP contribution >= 0.6 is 0 Å². The predicted molar refractivity (Wildman–Crippen MR) is 114 cm³/mol. The third kappa shape index (κ3) is 4.99. The van der Waals surface area contributed by atoms with E-state index in [0.29, 0.717) is 51.3 Å². The van der Waals surface area contributed by atoms with Crippen molar-refractivity contribution in [2.45, 2.75) is 38.5 Å². The van der Waals surface area contributed by atoms with Crippen molar-refractivity contribution in [1.29, 1.82) is 0 Å². The first-order valence-electron chi connectivity index (χ1n) is 11.0. The van der Waals surface area contributed by atoms with Gasteiger partial charge in [-0.1, -0.05) is 12.1 Å². The summed E-state index contributed by atoms with van der Waals surface area (Å²) in [5.41, 5.74) is 2.05. The summed E-state index contributed by atoms with van der Waals surface area (Å²) in [4.78, 5) is 31.5. The Hall–Kier alpha value is -2.78. The van der Waals surface area contributed by atoms with E-state index in [9.17, 15) is 14.0 Å². The first kappa shape index (κ1) is 22.4. The van der Waals surface area contributed by atoms with Crippen molar-refractivity contribution in [3.05, 3.63) is 53.4 Å². The minimum Gasteiger partial charge on any atom is -0.385 e. The summed E-state index contributed by atoms with van der Waals surface area (Å²) in [6.45, 7) is 3.07. The summed E-state index contributed by atoms with van der Waals surface area (Å²) in [5.74, 6) is -0.431. The second-order valence-corrected chi connectivity index (χ2v) is 8.25. The Morgan fingerprint density at radius 3 is 2.72 bits per heavy atom. The summed E-state index contributed by atoms with van der Waals surface area (Å²) in [7, 11) is 1.64. The smallest absolute Gasteiger partial charge is 0.274 e. The first-order valence-corrected chi connectivity index (χ1v) is 11.0. The molecule has 1 N–H and O–H groups in total. The van der Waals surface area contributed by atoms with E-state index in [0.717, 1.165) is 17.7 Å². The number of ether oxygens (including phenoxy) is 2. The molecule has 1 fully saturated rings. The van der Waals surface area contributed by atoms with E-state index in [1.165, 1.54) is 12.1 Å². The van der Waals surface area contributed by atoms with E-state index in [1.54, 1.807) is 30.5 Å². The molecule has 1 aromatic heterocycles. The number of hydrogen-bond donors (Lipinski definition) is 1. The Balaban J connectivity index is 1.32. The minimum absolute atomic E-state index is 0.0489. The van der Waals surface area contributed by atoms with Crippen molar-refractivity contribution in [3.63, 3.8) is 0 Å². The van der Waals surface area contributed by atoms with Crippen LogP contribution in [0.15, 0.2) is 30.6 Å². The minimum atomic E-state index is -0.284. The van der Waals surface area contributed by atoms with Gasteiger partial charge in [0.2, 0.25) is 5.91 Å². The van der Waals surface area contributed by atoms with Crippen molar-refractivity contribution in [2.75, 3.05) is 33.4 Å². The van der Waals surface area contributed by atoms with Crippen LogP contribution in [0.4, 0.5) is 4.39 Å². The highest BCUT2D eigenvalue weighted by atomic mass is 19.1. The number of aromatic nitrogens is 2. The van der Waals surface area contributed by atoms with Gasteiger partial charge in [-0.2, -0.15) is 0 Å². The van der Waals surface area contributed by atoms with Gasteiger partial charge in [-0.15, -0.1) is 0 Å². The normalized spacial score (nSPS) is 18.9. The summed E-state index contributed by atoms with van der Waals surface area (Å²) >= 11 is 0. The molecule has 4 rings (SSSR count). The average Bonchev–Trinajstić information content (AvgIpc) is 3.25. The molecule has 0 aliphatic carbocycles. The SMILES string of the molecule is COCCCNC(=O)C1CCN(C(=O)c2ncn3c2CO[C@H](c2ccc(F)cc2)C3)CC1. The van der Waals surface area contributed by atoms with Crippen molar-refractivity contribution >= 4 is 11.8 Å². The molecule has 8 nitrogen and oxygen atoms in total. The van der Waals surface area contributed by atoms with Gasteiger partial charge in [0, 0.05) is 39.3 Å². The molecule has 0 saturated carbocycles. The van der Waals surface area contributed by atoms with Crippen LogP contribution in [0.2, 0.25) is 0 Å². The summed E-state index contributed by atoms with van der Waals surface area (Å²) in [6.07, 6.45) is 3.53. The van der Waals surface area contributed by atoms with Gasteiger partial charge in [0.05, 0.1) is 25.2 Å². The number of likely N-dealkylation sites (tertiary alicyclic amines) is 1. The highest BCUT2D eigenvalue weighted by molar-refractivity contribution is 5.93. The number of rotatable bonds is 7. The first-order chi connectivity index (χ1) is 15.6. The van der Waals surface area contributed by atoms with Gasteiger partial charge in [0.1, 0.15) is 11.9 Å². The predicted octanol–water partition coefficient (Wildman–Crippen LogP) is 2.30. The van der Waals surface area contributed by atoms with Crippen LogP contribution < -0.4 is 5.32 Å². The molecule has 0 radical (unpaired) electrons. The fourth-order valence-corrected chi connectivity index (χ4v) is 4.25. The van der Waals surface area contributed by atoms with Crippen LogP contribution in [-0.4, -0.2) is 59.6 Å². The zero-order valence-corrected chi connectivity index (χ0v) is 18.3. The van der Waals surface area contributed by atoms with Gasteiger partial charge in [0.15, 0.2) is 5.69 Å². The van der Waals surface area contributed by atoms with Gasteiger partial charge in [-0.25, -0.2) is 9.37 Å². The van der Waals surface area contributed by atoms with Crippen LogP contribution in [0.3, 0.4) is 0 Å². The Morgan fingerprint density at radius 2 is 2.00 bits per heavy atom. The number of carbonyl (C=O) groups is 2. The number of nitrogens with one attached hydrogen (secondary N) is 1. The van der Waals surface area contributed by atoms with E-state index in [-0.39, 0.29) is 36.3 Å². The number of methoxy groups -OCH3 is 1. The molecule has 1 atom stereocenters. The fraction of sp³-hybridized carbons (Fsp3) is 0.522. The van der Waals surface area contributed by atoms with E-state index >= 15 is 0 Å². The van der Waals surface area contributed by atoms with E-state index in [4.69, 9.17) is 9.47 Å². The third-order valence-corrected chi connectivity index (χ3v) is 6.15. The topological polar surface area (TPSA) is 85.7 Å². The highest BCUT2D eigenvalue weighted by Gasteiger charge is 2.32.